The Bertz CT molecular complexity index is 145. The second-order valence-electron chi connectivity index (χ2n) is 4.68. The lowest BCUT2D eigenvalue weighted by Crippen LogP contribution is -2.26. The number of rotatable bonds is 9. The van der Waals surface area contributed by atoms with E-state index in [0.717, 1.165) is 25.9 Å². The Hall–Kier alpha value is -0.530. The zero-order chi connectivity index (χ0) is 11.7. The van der Waals surface area contributed by atoms with Crippen LogP contribution in [0.15, 0.2) is 0 Å². The summed E-state index contributed by atoms with van der Waals surface area (Å²) >= 11 is 0. The second-order valence-corrected chi connectivity index (χ2v) is 4.68. The van der Waals surface area contributed by atoms with Gasteiger partial charge in [0.1, 0.15) is 0 Å². The fraction of sp³-hybridized carbons (Fsp3) is 0.923. The van der Waals surface area contributed by atoms with Crippen molar-refractivity contribution in [1.29, 1.82) is 0 Å². The molecule has 1 radical (unpaired) electrons. The molecule has 0 aromatic rings. The zero-order valence-corrected chi connectivity index (χ0v) is 10.8. The van der Waals surface area contributed by atoms with E-state index in [-0.39, 0.29) is 0 Å². The molecule has 0 aromatic heterocycles. The predicted octanol–water partition coefficient (Wildman–Crippen LogP) is 3.23. The molecule has 2 nitrogen and oxygen atoms in total. The van der Waals surface area contributed by atoms with Gasteiger partial charge in [0.25, 0.3) is 0 Å². The monoisotopic (exact) mass is 212 g/mol. The number of nitrogens with zero attached hydrogens (tertiary/aromatic N) is 1. The Morgan fingerprint density at radius 2 is 1.40 bits per heavy atom. The molecule has 0 rings (SSSR count). The van der Waals surface area contributed by atoms with E-state index in [9.17, 15) is 4.79 Å². The highest BCUT2D eigenvalue weighted by atomic mass is 16.1. The molecule has 0 bridgehead atoms. The summed E-state index contributed by atoms with van der Waals surface area (Å²) in [5.41, 5.74) is 0. The first-order valence-corrected chi connectivity index (χ1v) is 6.26. The lowest BCUT2D eigenvalue weighted by Gasteiger charge is -2.19. The Kier molecular flexibility index (Phi) is 8.44. The van der Waals surface area contributed by atoms with E-state index in [2.05, 4.69) is 27.7 Å². The van der Waals surface area contributed by atoms with Crippen LogP contribution in [0.25, 0.3) is 0 Å². The van der Waals surface area contributed by atoms with Crippen molar-refractivity contribution in [2.75, 3.05) is 13.1 Å². The van der Waals surface area contributed by atoms with Gasteiger partial charge in [-0.05, 0) is 24.7 Å². The van der Waals surface area contributed by atoms with Crippen LogP contribution in [-0.4, -0.2) is 24.4 Å². The van der Waals surface area contributed by atoms with Crippen molar-refractivity contribution < 1.29 is 4.79 Å². The molecule has 0 saturated carbocycles. The van der Waals surface area contributed by atoms with Gasteiger partial charge < -0.3 is 4.90 Å². The standard InChI is InChI=1S/C13H26NO/c1-5-12(3)7-9-14(11-15)10-8-13(4)6-2/h12-13H,5-10H2,1-4H3. The van der Waals surface area contributed by atoms with Crippen molar-refractivity contribution in [2.45, 2.75) is 53.4 Å². The third-order valence-electron chi connectivity index (χ3n) is 3.31. The number of hydrogen-bond donors (Lipinski definition) is 0. The second kappa shape index (κ2) is 8.75. The fourth-order valence-electron chi connectivity index (χ4n) is 1.36. The minimum Gasteiger partial charge on any atom is -0.334 e. The summed E-state index contributed by atoms with van der Waals surface area (Å²) in [5.74, 6) is 1.42. The van der Waals surface area contributed by atoms with Gasteiger partial charge in [0.2, 0.25) is 0 Å². The van der Waals surface area contributed by atoms with Crippen LogP contribution < -0.4 is 0 Å². The lowest BCUT2D eigenvalue weighted by atomic mass is 10.0. The molecule has 0 fully saturated rings. The third kappa shape index (κ3) is 7.40. The largest absolute Gasteiger partial charge is 0.334 e. The molecule has 15 heavy (non-hydrogen) atoms. The molecule has 2 unspecified atom stereocenters. The molecule has 89 valence electrons. The maximum absolute atomic E-state index is 10.7. The highest BCUT2D eigenvalue weighted by Gasteiger charge is 2.07. The van der Waals surface area contributed by atoms with Crippen LogP contribution in [0.4, 0.5) is 0 Å². The van der Waals surface area contributed by atoms with Gasteiger partial charge in [-0.15, -0.1) is 0 Å². The molecular weight excluding hydrogens is 186 g/mol. The summed E-state index contributed by atoms with van der Waals surface area (Å²) in [6.45, 7) is 10.6. The van der Waals surface area contributed by atoms with Crippen molar-refractivity contribution >= 4 is 6.41 Å². The van der Waals surface area contributed by atoms with E-state index < -0.39 is 0 Å². The summed E-state index contributed by atoms with van der Waals surface area (Å²) in [7, 11) is 0. The van der Waals surface area contributed by atoms with Gasteiger partial charge >= 0.3 is 6.41 Å². The first kappa shape index (κ1) is 14.5. The van der Waals surface area contributed by atoms with Gasteiger partial charge in [-0.25, -0.2) is 0 Å². The average molecular weight is 212 g/mol. The SMILES string of the molecule is CCC(C)CCN([C]=O)CCC(C)CC. The van der Waals surface area contributed by atoms with Gasteiger partial charge in [-0.1, -0.05) is 40.5 Å². The highest BCUT2D eigenvalue weighted by Crippen LogP contribution is 2.10. The Labute approximate surface area is 95.0 Å². The zero-order valence-electron chi connectivity index (χ0n) is 10.8. The minimum absolute atomic E-state index is 0.712. The lowest BCUT2D eigenvalue weighted by molar-refractivity contribution is 0.320. The van der Waals surface area contributed by atoms with Crippen molar-refractivity contribution in [1.82, 2.24) is 4.90 Å². The maximum Gasteiger partial charge on any atom is 0.312 e. The topological polar surface area (TPSA) is 20.3 Å². The first-order valence-electron chi connectivity index (χ1n) is 6.26. The van der Waals surface area contributed by atoms with E-state index in [0.29, 0.717) is 11.8 Å². The molecule has 2 heteroatoms. The van der Waals surface area contributed by atoms with Crippen LogP contribution in [0.2, 0.25) is 0 Å². The van der Waals surface area contributed by atoms with E-state index in [1.54, 1.807) is 4.90 Å². The first-order chi connectivity index (χ1) is 7.13. The van der Waals surface area contributed by atoms with E-state index in [1.807, 2.05) is 6.41 Å². The molecule has 0 aliphatic rings. The smallest absolute Gasteiger partial charge is 0.312 e. The van der Waals surface area contributed by atoms with Gasteiger partial charge in [0.15, 0.2) is 0 Å². The maximum atomic E-state index is 10.7. The quantitative estimate of drug-likeness (QED) is 0.537. The third-order valence-corrected chi connectivity index (χ3v) is 3.31. The highest BCUT2D eigenvalue weighted by molar-refractivity contribution is 5.47. The van der Waals surface area contributed by atoms with Crippen LogP contribution in [0.3, 0.4) is 0 Å². The Balaban J connectivity index is 3.68. The fourth-order valence-corrected chi connectivity index (χ4v) is 1.36. The molecule has 2 atom stereocenters. The summed E-state index contributed by atoms with van der Waals surface area (Å²) in [4.78, 5) is 12.5. The molecule has 0 saturated heterocycles. The van der Waals surface area contributed by atoms with E-state index in [1.165, 1.54) is 12.8 Å². The average Bonchev–Trinajstić information content (AvgIpc) is 2.28. The summed E-state index contributed by atoms with van der Waals surface area (Å²) in [6.07, 6.45) is 6.64. The summed E-state index contributed by atoms with van der Waals surface area (Å²) in [6, 6.07) is 0. The molecule has 0 aliphatic heterocycles. The van der Waals surface area contributed by atoms with Crippen molar-refractivity contribution in [3.8, 4) is 0 Å². The van der Waals surface area contributed by atoms with Crippen LogP contribution >= 0.6 is 0 Å². The van der Waals surface area contributed by atoms with Crippen molar-refractivity contribution in [3.63, 3.8) is 0 Å². The number of hydrogen-bond acceptors (Lipinski definition) is 1. The molecule has 0 N–H and O–H groups in total. The van der Waals surface area contributed by atoms with Crippen molar-refractivity contribution in [2.24, 2.45) is 11.8 Å². The molecule has 0 aliphatic carbocycles. The number of carbonyl (C=O) groups excluding carboxylic acids is 1. The van der Waals surface area contributed by atoms with Gasteiger partial charge in [0, 0.05) is 13.1 Å². The molecule has 0 heterocycles. The Morgan fingerprint density at radius 1 is 1.00 bits per heavy atom. The minimum atomic E-state index is 0.712. The van der Waals surface area contributed by atoms with Gasteiger partial charge in [-0.3, -0.25) is 4.79 Å². The van der Waals surface area contributed by atoms with Crippen LogP contribution in [0.5, 0.6) is 0 Å². The molecule has 1 amide bonds. The predicted molar refractivity (Wildman–Crippen MR) is 65.4 cm³/mol. The van der Waals surface area contributed by atoms with Gasteiger partial charge in [-0.2, -0.15) is 0 Å². The van der Waals surface area contributed by atoms with E-state index >= 15 is 0 Å². The van der Waals surface area contributed by atoms with Crippen LogP contribution in [-0.2, 0) is 4.79 Å². The Morgan fingerprint density at radius 3 is 1.67 bits per heavy atom. The van der Waals surface area contributed by atoms with Crippen LogP contribution in [0.1, 0.15) is 53.4 Å². The van der Waals surface area contributed by atoms with Crippen molar-refractivity contribution in [3.05, 3.63) is 0 Å². The van der Waals surface area contributed by atoms with Gasteiger partial charge in [0.05, 0.1) is 0 Å². The van der Waals surface area contributed by atoms with E-state index in [4.69, 9.17) is 0 Å². The van der Waals surface area contributed by atoms with Crippen LogP contribution in [0, 0.1) is 11.8 Å². The molecule has 0 aromatic carbocycles. The number of amides is 1. The summed E-state index contributed by atoms with van der Waals surface area (Å²) in [5, 5.41) is 0. The normalized spacial score (nSPS) is 14.7. The molecule has 0 spiro atoms. The summed E-state index contributed by atoms with van der Waals surface area (Å²) < 4.78 is 0. The molecular formula is C13H26NO.